The van der Waals surface area contributed by atoms with Crippen LogP contribution in [0.15, 0.2) is 24.3 Å². The maximum Gasteiger partial charge on any atom is 0.233 e. The van der Waals surface area contributed by atoms with Gasteiger partial charge in [0.05, 0.1) is 5.41 Å². The molecule has 1 amide bonds. The molecule has 3 nitrogen and oxygen atoms in total. The van der Waals surface area contributed by atoms with Gasteiger partial charge in [0.25, 0.3) is 0 Å². The Hall–Kier alpha value is -1.42. The summed E-state index contributed by atoms with van der Waals surface area (Å²) < 4.78 is 13.8. The van der Waals surface area contributed by atoms with Gasteiger partial charge in [-0.25, -0.2) is 4.39 Å². The number of benzene rings is 1. The van der Waals surface area contributed by atoms with Gasteiger partial charge in [0.1, 0.15) is 5.82 Å². The topological polar surface area (TPSA) is 23.6 Å². The van der Waals surface area contributed by atoms with E-state index >= 15 is 0 Å². The van der Waals surface area contributed by atoms with Crippen molar-refractivity contribution in [3.05, 3.63) is 35.6 Å². The van der Waals surface area contributed by atoms with Crippen molar-refractivity contribution in [2.45, 2.75) is 63.8 Å². The van der Waals surface area contributed by atoms with Crippen LogP contribution in [0.5, 0.6) is 0 Å². The van der Waals surface area contributed by atoms with Gasteiger partial charge >= 0.3 is 0 Å². The van der Waals surface area contributed by atoms with Crippen LogP contribution < -0.4 is 0 Å². The molecule has 1 heterocycles. The van der Waals surface area contributed by atoms with Crippen LogP contribution in [0.3, 0.4) is 0 Å². The minimum Gasteiger partial charge on any atom is -0.341 e. The molecule has 138 valence electrons. The Labute approximate surface area is 151 Å². The number of nitrogens with zero attached hydrogens (tertiary/aromatic N) is 2. The Morgan fingerprint density at radius 3 is 2.40 bits per heavy atom. The Morgan fingerprint density at radius 1 is 1.04 bits per heavy atom. The van der Waals surface area contributed by atoms with Crippen LogP contribution in [0.2, 0.25) is 0 Å². The average Bonchev–Trinajstić information content (AvgIpc) is 2.91. The zero-order chi connectivity index (χ0) is 18.1. The largest absolute Gasteiger partial charge is 0.341 e. The second-order valence-electron chi connectivity index (χ2n) is 8.60. The molecule has 1 aliphatic heterocycles. The monoisotopic (exact) mass is 346 g/mol. The van der Waals surface area contributed by atoms with E-state index in [0.29, 0.717) is 0 Å². The zero-order valence-corrected chi connectivity index (χ0v) is 15.9. The van der Waals surface area contributed by atoms with Crippen molar-refractivity contribution in [1.82, 2.24) is 9.80 Å². The Kier molecular flexibility index (Phi) is 5.19. The summed E-state index contributed by atoms with van der Waals surface area (Å²) in [7, 11) is 0. The summed E-state index contributed by atoms with van der Waals surface area (Å²) in [6, 6.07) is 6.71. The highest BCUT2D eigenvalue weighted by Crippen LogP contribution is 2.43. The molecular formula is C21H31FN2O. The number of hydrogen-bond acceptors (Lipinski definition) is 2. The lowest BCUT2D eigenvalue weighted by molar-refractivity contribution is -0.137. The van der Waals surface area contributed by atoms with Crippen LogP contribution in [-0.2, 0) is 10.2 Å². The van der Waals surface area contributed by atoms with Gasteiger partial charge in [0, 0.05) is 31.7 Å². The molecule has 2 aliphatic rings. The van der Waals surface area contributed by atoms with Gasteiger partial charge in [-0.1, -0.05) is 25.0 Å². The highest BCUT2D eigenvalue weighted by molar-refractivity contribution is 5.88. The normalized spacial score (nSPS) is 22.0. The van der Waals surface area contributed by atoms with Crippen LogP contribution in [0, 0.1) is 5.82 Å². The summed E-state index contributed by atoms with van der Waals surface area (Å²) in [6.45, 7) is 10.2. The first-order valence-corrected chi connectivity index (χ1v) is 9.63. The molecule has 0 aromatic heterocycles. The molecule has 0 bridgehead atoms. The van der Waals surface area contributed by atoms with E-state index in [1.54, 1.807) is 12.1 Å². The van der Waals surface area contributed by atoms with Gasteiger partial charge in [-0.3, -0.25) is 9.69 Å². The fraction of sp³-hybridized carbons (Fsp3) is 0.667. The molecule has 0 unspecified atom stereocenters. The van der Waals surface area contributed by atoms with Gasteiger partial charge in [0.15, 0.2) is 0 Å². The maximum atomic E-state index is 13.8. The molecule has 0 atom stereocenters. The molecule has 1 aromatic rings. The molecule has 1 aliphatic carbocycles. The van der Waals surface area contributed by atoms with Crippen LogP contribution >= 0.6 is 0 Å². The van der Waals surface area contributed by atoms with Crippen molar-refractivity contribution in [2.75, 3.05) is 26.2 Å². The summed E-state index contributed by atoms with van der Waals surface area (Å²) in [4.78, 5) is 18.0. The minimum absolute atomic E-state index is 0.132. The van der Waals surface area contributed by atoms with Crippen LogP contribution in [0.1, 0.15) is 58.4 Å². The van der Waals surface area contributed by atoms with E-state index in [-0.39, 0.29) is 17.3 Å². The fourth-order valence-corrected chi connectivity index (χ4v) is 4.48. The van der Waals surface area contributed by atoms with Crippen molar-refractivity contribution < 1.29 is 9.18 Å². The molecule has 0 N–H and O–H groups in total. The molecule has 25 heavy (non-hydrogen) atoms. The lowest BCUT2D eigenvalue weighted by atomic mass is 9.77. The average molecular weight is 346 g/mol. The van der Waals surface area contributed by atoms with Gasteiger partial charge in [-0.05, 0) is 57.7 Å². The first-order valence-electron chi connectivity index (χ1n) is 9.63. The van der Waals surface area contributed by atoms with E-state index in [1.165, 1.54) is 6.07 Å². The molecule has 0 spiro atoms. The van der Waals surface area contributed by atoms with E-state index in [2.05, 4.69) is 25.7 Å². The highest BCUT2D eigenvalue weighted by Gasteiger charge is 2.45. The van der Waals surface area contributed by atoms with Crippen LogP contribution in [0.25, 0.3) is 0 Å². The summed E-state index contributed by atoms with van der Waals surface area (Å²) in [5, 5.41) is 0. The molecule has 1 saturated carbocycles. The number of halogens is 1. The smallest absolute Gasteiger partial charge is 0.233 e. The zero-order valence-electron chi connectivity index (χ0n) is 15.9. The van der Waals surface area contributed by atoms with Crippen molar-refractivity contribution in [3.63, 3.8) is 0 Å². The van der Waals surface area contributed by atoms with E-state index < -0.39 is 5.41 Å². The molecule has 1 saturated heterocycles. The summed E-state index contributed by atoms with van der Waals surface area (Å²) in [5.41, 5.74) is 0.484. The molecule has 4 heteroatoms. The summed E-state index contributed by atoms with van der Waals surface area (Å²) in [6.07, 6.45) is 4.78. The predicted octanol–water partition coefficient (Wildman–Crippen LogP) is 3.97. The van der Waals surface area contributed by atoms with E-state index in [4.69, 9.17) is 0 Å². The summed E-state index contributed by atoms with van der Waals surface area (Å²) >= 11 is 0. The second kappa shape index (κ2) is 7.06. The first kappa shape index (κ1) is 18.4. The second-order valence-corrected chi connectivity index (χ2v) is 8.60. The van der Waals surface area contributed by atoms with Gasteiger partial charge in [0.2, 0.25) is 5.91 Å². The third-order valence-corrected chi connectivity index (χ3v) is 5.98. The van der Waals surface area contributed by atoms with Crippen LogP contribution in [0.4, 0.5) is 4.39 Å². The van der Waals surface area contributed by atoms with Crippen molar-refractivity contribution >= 4 is 5.91 Å². The van der Waals surface area contributed by atoms with Gasteiger partial charge in [-0.15, -0.1) is 0 Å². The van der Waals surface area contributed by atoms with Crippen molar-refractivity contribution in [2.24, 2.45) is 0 Å². The quantitative estimate of drug-likeness (QED) is 0.809. The molecule has 3 rings (SSSR count). The molecular weight excluding hydrogens is 315 g/mol. The number of hydrogen-bond donors (Lipinski definition) is 0. The Morgan fingerprint density at radius 2 is 1.76 bits per heavy atom. The SMILES string of the molecule is CC(C)(C)N1CCCN(C(=O)C2(c3cccc(F)c3)CCCC2)CC1. The molecule has 0 radical (unpaired) electrons. The summed E-state index contributed by atoms with van der Waals surface area (Å²) in [5.74, 6) is -0.0299. The number of carbonyl (C=O) groups excluding carboxylic acids is 1. The standard InChI is InChI=1S/C21H31FN2O/c1-20(2,3)24-13-7-12-23(14-15-24)19(25)21(10-4-5-11-21)17-8-6-9-18(22)16-17/h6,8-9,16H,4-5,7,10-15H2,1-3H3. The Bertz CT molecular complexity index is 617. The maximum absolute atomic E-state index is 13.8. The molecule has 2 fully saturated rings. The predicted molar refractivity (Wildman–Crippen MR) is 99.1 cm³/mol. The lowest BCUT2D eigenvalue weighted by Crippen LogP contribution is -2.48. The minimum atomic E-state index is -0.515. The fourth-order valence-electron chi connectivity index (χ4n) is 4.48. The number of rotatable bonds is 2. The Balaban J connectivity index is 1.82. The third-order valence-electron chi connectivity index (χ3n) is 5.98. The lowest BCUT2D eigenvalue weighted by Gasteiger charge is -2.36. The third kappa shape index (κ3) is 3.74. The van der Waals surface area contributed by atoms with E-state index in [9.17, 15) is 9.18 Å². The van der Waals surface area contributed by atoms with Gasteiger partial charge in [-0.2, -0.15) is 0 Å². The van der Waals surface area contributed by atoms with Crippen molar-refractivity contribution in [1.29, 1.82) is 0 Å². The highest BCUT2D eigenvalue weighted by atomic mass is 19.1. The first-order chi connectivity index (χ1) is 11.8. The van der Waals surface area contributed by atoms with Crippen LogP contribution in [-0.4, -0.2) is 47.4 Å². The van der Waals surface area contributed by atoms with E-state index in [0.717, 1.165) is 63.8 Å². The van der Waals surface area contributed by atoms with Crippen molar-refractivity contribution in [3.8, 4) is 0 Å². The molecule has 1 aromatic carbocycles. The van der Waals surface area contributed by atoms with E-state index in [1.807, 2.05) is 11.0 Å². The number of amides is 1. The van der Waals surface area contributed by atoms with Gasteiger partial charge < -0.3 is 4.90 Å². The number of carbonyl (C=O) groups is 1.